The lowest BCUT2D eigenvalue weighted by atomic mass is 10.0. The first-order chi connectivity index (χ1) is 14.3. The van der Waals surface area contributed by atoms with E-state index in [1.165, 1.54) is 17.0 Å². The Balaban J connectivity index is 1.44. The topological polar surface area (TPSA) is 63.1 Å². The van der Waals surface area contributed by atoms with Crippen molar-refractivity contribution in [3.63, 3.8) is 0 Å². The minimum atomic E-state index is -4.39. The van der Waals surface area contributed by atoms with E-state index in [-0.39, 0.29) is 6.54 Å². The molecule has 6 nitrogen and oxygen atoms in total. The van der Waals surface area contributed by atoms with E-state index < -0.39 is 16.7 Å². The van der Waals surface area contributed by atoms with Crippen LogP contribution in [0.15, 0.2) is 57.8 Å². The standard InChI is InChI=1S/C19H17ClF3N5OS/c20-13-1-3-15(24-9-13)12-5-7-27(8-6-12)17-25-11-28(18(29)26-17)10-14-2-4-16(30-14)19(21,22)23/h1-5,11,24H,6-10H2. The molecule has 2 aliphatic rings. The maximum absolute atomic E-state index is 12.7. The summed E-state index contributed by atoms with van der Waals surface area (Å²) in [6.45, 7) is 1.80. The number of nitrogens with one attached hydrogen (secondary N) is 1. The molecule has 0 radical (unpaired) electrons. The van der Waals surface area contributed by atoms with E-state index in [9.17, 15) is 18.0 Å². The van der Waals surface area contributed by atoms with Crippen molar-refractivity contribution >= 4 is 28.9 Å². The lowest BCUT2D eigenvalue weighted by molar-refractivity contribution is -0.134. The second-order valence-electron chi connectivity index (χ2n) is 6.80. The molecule has 30 heavy (non-hydrogen) atoms. The molecule has 4 heterocycles. The fraction of sp³-hybridized carbons (Fsp3) is 0.316. The van der Waals surface area contributed by atoms with Gasteiger partial charge < -0.3 is 10.2 Å². The molecule has 158 valence electrons. The highest BCUT2D eigenvalue weighted by Crippen LogP contribution is 2.34. The summed E-state index contributed by atoms with van der Waals surface area (Å²) < 4.78 is 39.4. The van der Waals surface area contributed by atoms with Crippen LogP contribution >= 0.6 is 22.9 Å². The summed E-state index contributed by atoms with van der Waals surface area (Å²) in [4.78, 5) is 22.2. The summed E-state index contributed by atoms with van der Waals surface area (Å²) in [5.41, 5.74) is 1.65. The number of dihydropyridines is 1. The monoisotopic (exact) mass is 455 g/mol. The number of nitrogens with zero attached hydrogens (tertiary/aromatic N) is 4. The number of rotatable bonds is 4. The molecule has 0 bridgehead atoms. The Kier molecular flexibility index (Phi) is 5.70. The van der Waals surface area contributed by atoms with Crippen LogP contribution in [0.3, 0.4) is 0 Å². The molecule has 4 rings (SSSR count). The molecule has 1 N–H and O–H groups in total. The van der Waals surface area contributed by atoms with Crippen LogP contribution in [-0.4, -0.2) is 34.2 Å². The summed E-state index contributed by atoms with van der Waals surface area (Å²) in [5, 5.41) is 4.02. The number of thiophene rings is 1. The van der Waals surface area contributed by atoms with Crippen LogP contribution in [0.25, 0.3) is 0 Å². The van der Waals surface area contributed by atoms with Crippen LogP contribution in [0.4, 0.5) is 19.1 Å². The van der Waals surface area contributed by atoms with Crippen LogP contribution in [-0.2, 0) is 12.7 Å². The number of hydrogen-bond donors (Lipinski definition) is 1. The maximum Gasteiger partial charge on any atom is 0.425 e. The van der Waals surface area contributed by atoms with E-state index in [1.807, 2.05) is 17.1 Å². The van der Waals surface area contributed by atoms with E-state index in [4.69, 9.17) is 11.6 Å². The number of allylic oxidation sites excluding steroid dienone is 3. The predicted molar refractivity (Wildman–Crippen MR) is 110 cm³/mol. The van der Waals surface area contributed by atoms with E-state index >= 15 is 0 Å². The quantitative estimate of drug-likeness (QED) is 0.764. The third kappa shape index (κ3) is 4.59. The Morgan fingerprint density at radius 1 is 1.27 bits per heavy atom. The van der Waals surface area contributed by atoms with E-state index in [2.05, 4.69) is 21.4 Å². The highest BCUT2D eigenvalue weighted by Gasteiger charge is 2.32. The fourth-order valence-corrected chi connectivity index (χ4v) is 4.18. The zero-order valence-electron chi connectivity index (χ0n) is 15.6. The molecule has 0 atom stereocenters. The summed E-state index contributed by atoms with van der Waals surface area (Å²) in [7, 11) is 0. The first kappa shape index (κ1) is 20.7. The summed E-state index contributed by atoms with van der Waals surface area (Å²) in [6.07, 6.45) is 3.56. The van der Waals surface area contributed by atoms with Gasteiger partial charge in [0.25, 0.3) is 0 Å². The van der Waals surface area contributed by atoms with Crippen molar-refractivity contribution < 1.29 is 13.2 Å². The van der Waals surface area contributed by atoms with Gasteiger partial charge in [0, 0.05) is 28.7 Å². The molecular weight excluding hydrogens is 439 g/mol. The van der Waals surface area contributed by atoms with Gasteiger partial charge in [-0.1, -0.05) is 17.7 Å². The Hall–Kier alpha value is -2.59. The van der Waals surface area contributed by atoms with Crippen molar-refractivity contribution in [3.05, 3.63) is 73.2 Å². The number of halogens is 4. The van der Waals surface area contributed by atoms with Gasteiger partial charge in [0.2, 0.25) is 5.95 Å². The largest absolute Gasteiger partial charge is 0.425 e. The van der Waals surface area contributed by atoms with Gasteiger partial charge >= 0.3 is 11.9 Å². The van der Waals surface area contributed by atoms with Crippen molar-refractivity contribution in [1.29, 1.82) is 0 Å². The average molecular weight is 456 g/mol. The predicted octanol–water partition coefficient (Wildman–Crippen LogP) is 3.51. The minimum absolute atomic E-state index is 0.000186. The van der Waals surface area contributed by atoms with Crippen LogP contribution in [0.2, 0.25) is 0 Å². The first-order valence-electron chi connectivity index (χ1n) is 9.13. The highest BCUT2D eigenvalue weighted by atomic mass is 35.5. The third-order valence-electron chi connectivity index (χ3n) is 4.74. The van der Waals surface area contributed by atoms with Gasteiger partial charge in [-0.05, 0) is 36.3 Å². The smallest absolute Gasteiger partial charge is 0.380 e. The summed E-state index contributed by atoms with van der Waals surface area (Å²) >= 11 is 6.56. The van der Waals surface area contributed by atoms with Gasteiger partial charge in [-0.15, -0.1) is 11.3 Å². The van der Waals surface area contributed by atoms with Gasteiger partial charge in [0.1, 0.15) is 11.2 Å². The van der Waals surface area contributed by atoms with Crippen molar-refractivity contribution in [3.8, 4) is 0 Å². The molecule has 0 saturated heterocycles. The normalized spacial score (nSPS) is 17.2. The van der Waals surface area contributed by atoms with Crippen LogP contribution in [0.5, 0.6) is 0 Å². The number of aromatic nitrogens is 3. The van der Waals surface area contributed by atoms with Crippen LogP contribution in [0.1, 0.15) is 16.2 Å². The zero-order chi connectivity index (χ0) is 21.3. The molecule has 11 heteroatoms. The molecule has 0 unspecified atom stereocenters. The second-order valence-corrected chi connectivity index (χ2v) is 8.46. The van der Waals surface area contributed by atoms with Gasteiger partial charge in [-0.25, -0.2) is 9.78 Å². The van der Waals surface area contributed by atoms with Gasteiger partial charge in [-0.3, -0.25) is 4.57 Å². The molecule has 0 amide bonds. The van der Waals surface area contributed by atoms with E-state index in [0.29, 0.717) is 41.8 Å². The van der Waals surface area contributed by atoms with E-state index in [1.54, 1.807) is 0 Å². The Bertz CT molecular complexity index is 1100. The van der Waals surface area contributed by atoms with E-state index in [0.717, 1.165) is 28.8 Å². The summed E-state index contributed by atoms with van der Waals surface area (Å²) in [6, 6.07) is 2.37. The van der Waals surface area contributed by atoms with Crippen LogP contribution < -0.4 is 15.9 Å². The third-order valence-corrected chi connectivity index (χ3v) is 6.11. The van der Waals surface area contributed by atoms with Crippen molar-refractivity contribution in [1.82, 2.24) is 19.9 Å². The highest BCUT2D eigenvalue weighted by molar-refractivity contribution is 7.12. The number of alkyl halides is 3. The Morgan fingerprint density at radius 3 is 2.70 bits per heavy atom. The van der Waals surface area contributed by atoms with Gasteiger partial charge in [0.15, 0.2) is 0 Å². The molecule has 0 aliphatic carbocycles. The summed E-state index contributed by atoms with van der Waals surface area (Å²) in [5.74, 6) is 0.308. The average Bonchev–Trinajstić information content (AvgIpc) is 3.20. The van der Waals surface area contributed by atoms with Crippen LogP contribution in [0, 0.1) is 0 Å². The van der Waals surface area contributed by atoms with Crippen molar-refractivity contribution in [2.45, 2.75) is 19.1 Å². The Labute approximate surface area is 179 Å². The lowest BCUT2D eigenvalue weighted by Gasteiger charge is -2.28. The SMILES string of the molecule is O=c1nc(N2CC=C(C3=CC=C(Cl)CN3)CC2)ncn1Cc1ccc(C(F)(F)F)s1. The fourth-order valence-electron chi connectivity index (χ4n) is 3.18. The molecule has 0 fully saturated rings. The molecule has 2 aromatic heterocycles. The molecule has 0 saturated carbocycles. The molecule has 2 aliphatic heterocycles. The number of anilines is 1. The second kappa shape index (κ2) is 8.27. The van der Waals surface area contributed by atoms with Gasteiger partial charge in [0.05, 0.1) is 13.1 Å². The van der Waals surface area contributed by atoms with Crippen molar-refractivity contribution in [2.24, 2.45) is 0 Å². The lowest BCUT2D eigenvalue weighted by Crippen LogP contribution is -2.35. The minimum Gasteiger partial charge on any atom is -0.380 e. The van der Waals surface area contributed by atoms with Gasteiger partial charge in [-0.2, -0.15) is 18.2 Å². The zero-order valence-corrected chi connectivity index (χ0v) is 17.2. The first-order valence-corrected chi connectivity index (χ1v) is 10.3. The maximum atomic E-state index is 12.7. The Morgan fingerprint density at radius 2 is 2.10 bits per heavy atom. The molecule has 2 aromatic rings. The molecular formula is C19H17ClF3N5OS. The molecule has 0 spiro atoms. The van der Waals surface area contributed by atoms with Crippen molar-refractivity contribution in [2.75, 3.05) is 24.5 Å². The molecule has 0 aromatic carbocycles. The number of hydrogen-bond acceptors (Lipinski definition) is 6.